The third-order valence-corrected chi connectivity index (χ3v) is 8.17. The number of ether oxygens (including phenoxy) is 3. The van der Waals surface area contributed by atoms with Crippen LogP contribution in [0.3, 0.4) is 0 Å². The summed E-state index contributed by atoms with van der Waals surface area (Å²) in [5, 5.41) is 0. The van der Waals surface area contributed by atoms with E-state index in [2.05, 4.69) is 0 Å². The van der Waals surface area contributed by atoms with Crippen molar-refractivity contribution in [2.75, 3.05) is 26.4 Å². The maximum Gasteiger partial charge on any atom is 0.309 e. The van der Waals surface area contributed by atoms with Gasteiger partial charge in [-0.1, -0.05) is 60.7 Å². The number of hydrogen-bond acceptors (Lipinski definition) is 6. The van der Waals surface area contributed by atoms with Gasteiger partial charge in [0.2, 0.25) is 5.91 Å². The number of amides is 1. The van der Waals surface area contributed by atoms with Crippen LogP contribution in [0, 0.1) is 11.8 Å². The molecule has 4 rings (SSSR count). The van der Waals surface area contributed by atoms with Crippen LogP contribution in [0.4, 0.5) is 0 Å². The zero-order valence-electron chi connectivity index (χ0n) is 23.0. The first kappa shape index (κ1) is 29.2. The molecule has 2 aliphatic rings. The molecule has 1 aliphatic carbocycles. The first-order chi connectivity index (χ1) is 19.1. The van der Waals surface area contributed by atoms with Gasteiger partial charge in [-0.25, -0.2) is 0 Å². The molecule has 1 atom stereocenters. The van der Waals surface area contributed by atoms with Crippen LogP contribution in [0.1, 0.15) is 62.5 Å². The predicted octanol–water partition coefficient (Wildman–Crippen LogP) is 4.87. The molecule has 1 heterocycles. The largest absolute Gasteiger partial charge is 0.461 e. The standard InChI is InChI=1S/C32H44N2O5/c33-30(27-17-20-37-21-18-27)15-16-31(35)34(19-22-38-23-25-7-3-1-4-8-25)29-13-11-28(12-14-29)32(36)39-24-26-9-5-2-6-10-26/h1-10,27-30H,11-24,33H2/t28?,29?,30-/m0/s1. The van der Waals surface area contributed by atoms with Crippen molar-refractivity contribution in [3.8, 4) is 0 Å². The van der Waals surface area contributed by atoms with E-state index in [0.717, 1.165) is 62.9 Å². The Kier molecular flexibility index (Phi) is 11.8. The van der Waals surface area contributed by atoms with Crippen LogP contribution >= 0.6 is 0 Å². The molecule has 0 spiro atoms. The van der Waals surface area contributed by atoms with Crippen molar-refractivity contribution >= 4 is 11.9 Å². The zero-order chi connectivity index (χ0) is 27.3. The lowest BCUT2D eigenvalue weighted by Crippen LogP contribution is -2.45. The van der Waals surface area contributed by atoms with Gasteiger partial charge in [0, 0.05) is 38.3 Å². The van der Waals surface area contributed by atoms with E-state index in [1.165, 1.54) is 0 Å². The van der Waals surface area contributed by atoms with Crippen LogP contribution in [0.25, 0.3) is 0 Å². The molecule has 2 fully saturated rings. The van der Waals surface area contributed by atoms with Crippen LogP contribution < -0.4 is 5.73 Å². The van der Waals surface area contributed by atoms with E-state index in [4.69, 9.17) is 19.9 Å². The summed E-state index contributed by atoms with van der Waals surface area (Å²) in [6.45, 7) is 3.37. The first-order valence-corrected chi connectivity index (χ1v) is 14.5. The van der Waals surface area contributed by atoms with Crippen LogP contribution in [-0.2, 0) is 37.0 Å². The van der Waals surface area contributed by atoms with E-state index in [1.807, 2.05) is 65.6 Å². The van der Waals surface area contributed by atoms with Crippen molar-refractivity contribution in [1.29, 1.82) is 0 Å². The lowest BCUT2D eigenvalue weighted by Gasteiger charge is -2.37. The Morgan fingerprint density at radius 2 is 1.49 bits per heavy atom. The number of esters is 1. The van der Waals surface area contributed by atoms with Gasteiger partial charge in [0.15, 0.2) is 0 Å². The second-order valence-electron chi connectivity index (χ2n) is 10.9. The minimum atomic E-state index is -0.135. The summed E-state index contributed by atoms with van der Waals surface area (Å²) in [6.07, 6.45) is 6.11. The molecule has 1 aliphatic heterocycles. The molecule has 0 bridgehead atoms. The Morgan fingerprint density at radius 3 is 2.13 bits per heavy atom. The Bertz CT molecular complexity index is 988. The predicted molar refractivity (Wildman–Crippen MR) is 151 cm³/mol. The van der Waals surface area contributed by atoms with Gasteiger partial charge in [-0.05, 0) is 62.0 Å². The number of carbonyl (C=O) groups is 2. The highest BCUT2D eigenvalue weighted by Gasteiger charge is 2.32. The molecule has 1 amide bonds. The van der Waals surface area contributed by atoms with Crippen LogP contribution in [-0.4, -0.2) is 55.2 Å². The fraction of sp³-hybridized carbons (Fsp3) is 0.562. The molecular formula is C32H44N2O5. The lowest BCUT2D eigenvalue weighted by molar-refractivity contribution is -0.151. The number of benzene rings is 2. The van der Waals surface area contributed by atoms with Gasteiger partial charge in [-0.3, -0.25) is 9.59 Å². The van der Waals surface area contributed by atoms with Crippen molar-refractivity contribution in [2.45, 2.75) is 76.7 Å². The minimum Gasteiger partial charge on any atom is -0.461 e. The van der Waals surface area contributed by atoms with Crippen LogP contribution in [0.15, 0.2) is 60.7 Å². The van der Waals surface area contributed by atoms with Crippen molar-refractivity contribution in [2.24, 2.45) is 17.6 Å². The first-order valence-electron chi connectivity index (χ1n) is 14.5. The second-order valence-corrected chi connectivity index (χ2v) is 10.9. The maximum absolute atomic E-state index is 13.5. The maximum atomic E-state index is 13.5. The van der Waals surface area contributed by atoms with Gasteiger partial charge in [0.05, 0.1) is 19.1 Å². The molecule has 1 saturated carbocycles. The highest BCUT2D eigenvalue weighted by molar-refractivity contribution is 5.77. The van der Waals surface area contributed by atoms with Gasteiger partial charge in [-0.2, -0.15) is 0 Å². The fourth-order valence-electron chi connectivity index (χ4n) is 5.72. The summed E-state index contributed by atoms with van der Waals surface area (Å²) in [6, 6.07) is 20.0. The van der Waals surface area contributed by atoms with Crippen molar-refractivity contribution < 1.29 is 23.8 Å². The molecule has 0 radical (unpaired) electrons. The SMILES string of the molecule is N[C@@H](CCC(=O)N(CCOCc1ccccc1)C1CCC(C(=O)OCc2ccccc2)CC1)C1CCOCC1. The number of nitrogens with two attached hydrogens (primary N) is 1. The fourth-order valence-corrected chi connectivity index (χ4v) is 5.72. The quantitative estimate of drug-likeness (QED) is 0.290. The lowest BCUT2D eigenvalue weighted by atomic mass is 9.85. The Morgan fingerprint density at radius 1 is 0.872 bits per heavy atom. The zero-order valence-corrected chi connectivity index (χ0v) is 23.0. The Hall–Kier alpha value is -2.74. The van der Waals surface area contributed by atoms with Crippen molar-refractivity contribution in [3.63, 3.8) is 0 Å². The van der Waals surface area contributed by atoms with E-state index in [-0.39, 0.29) is 29.9 Å². The molecule has 2 aromatic carbocycles. The minimum absolute atomic E-state index is 0.0177. The number of hydrogen-bond donors (Lipinski definition) is 1. The summed E-state index contributed by atoms with van der Waals surface area (Å²) in [4.78, 5) is 28.2. The Labute approximate surface area is 233 Å². The van der Waals surface area contributed by atoms with Gasteiger partial charge < -0.3 is 24.8 Å². The second kappa shape index (κ2) is 15.8. The molecule has 2 aromatic rings. The molecule has 212 valence electrons. The van der Waals surface area contributed by atoms with Crippen molar-refractivity contribution in [3.05, 3.63) is 71.8 Å². The van der Waals surface area contributed by atoms with Gasteiger partial charge in [-0.15, -0.1) is 0 Å². The van der Waals surface area contributed by atoms with Crippen LogP contribution in [0.5, 0.6) is 0 Å². The highest BCUT2D eigenvalue weighted by atomic mass is 16.5. The normalized spacial score (nSPS) is 20.7. The summed E-state index contributed by atoms with van der Waals surface area (Å²) in [5.74, 6) is 0.310. The van der Waals surface area contributed by atoms with Gasteiger partial charge >= 0.3 is 5.97 Å². The van der Waals surface area contributed by atoms with E-state index in [0.29, 0.717) is 45.1 Å². The van der Waals surface area contributed by atoms with Crippen molar-refractivity contribution in [1.82, 2.24) is 4.90 Å². The molecule has 2 N–H and O–H groups in total. The average molecular weight is 537 g/mol. The summed E-state index contributed by atoms with van der Waals surface area (Å²) in [5.41, 5.74) is 8.59. The summed E-state index contributed by atoms with van der Waals surface area (Å²) < 4.78 is 17.0. The summed E-state index contributed by atoms with van der Waals surface area (Å²) in [7, 11) is 0. The number of nitrogens with zero attached hydrogens (tertiary/aromatic N) is 1. The number of carbonyl (C=O) groups excluding carboxylic acids is 2. The summed E-state index contributed by atoms with van der Waals surface area (Å²) >= 11 is 0. The van der Waals surface area contributed by atoms with E-state index < -0.39 is 0 Å². The van der Waals surface area contributed by atoms with Gasteiger partial charge in [0.25, 0.3) is 0 Å². The van der Waals surface area contributed by atoms with E-state index in [9.17, 15) is 9.59 Å². The molecule has 0 unspecified atom stereocenters. The van der Waals surface area contributed by atoms with Crippen LogP contribution in [0.2, 0.25) is 0 Å². The smallest absolute Gasteiger partial charge is 0.309 e. The monoisotopic (exact) mass is 536 g/mol. The molecule has 7 heteroatoms. The molecule has 39 heavy (non-hydrogen) atoms. The third-order valence-electron chi connectivity index (χ3n) is 8.17. The van der Waals surface area contributed by atoms with Gasteiger partial charge in [0.1, 0.15) is 6.61 Å². The number of rotatable bonds is 13. The molecule has 7 nitrogen and oxygen atoms in total. The topological polar surface area (TPSA) is 91.1 Å². The molecule has 1 saturated heterocycles. The van der Waals surface area contributed by atoms with E-state index in [1.54, 1.807) is 0 Å². The average Bonchev–Trinajstić information content (AvgIpc) is 3.00. The highest BCUT2D eigenvalue weighted by Crippen LogP contribution is 2.30. The third kappa shape index (κ3) is 9.45. The molecule has 0 aromatic heterocycles. The van der Waals surface area contributed by atoms with E-state index >= 15 is 0 Å². The molecular weight excluding hydrogens is 492 g/mol. The Balaban J connectivity index is 1.27.